The van der Waals surface area contributed by atoms with Gasteiger partial charge in [-0.15, -0.1) is 0 Å². The first-order valence-electron chi connectivity index (χ1n) is 5.61. The molecule has 0 aliphatic heterocycles. The third-order valence-corrected chi connectivity index (χ3v) is 2.54. The first kappa shape index (κ1) is 12.9. The van der Waals surface area contributed by atoms with E-state index in [2.05, 4.69) is 31.2 Å². The molecule has 0 saturated carbocycles. The SMILES string of the molecule is CCC(Nc1ccn(CC(F)F)n1)C(C)C. The minimum atomic E-state index is -2.36. The Hall–Kier alpha value is -1.13. The lowest BCUT2D eigenvalue weighted by Gasteiger charge is -2.20. The van der Waals surface area contributed by atoms with Crippen molar-refractivity contribution in [3.05, 3.63) is 12.3 Å². The van der Waals surface area contributed by atoms with Crippen LogP contribution in [0.3, 0.4) is 0 Å². The van der Waals surface area contributed by atoms with Crippen LogP contribution >= 0.6 is 0 Å². The summed E-state index contributed by atoms with van der Waals surface area (Å²) in [5, 5.41) is 7.29. The van der Waals surface area contributed by atoms with Crippen molar-refractivity contribution in [2.45, 2.75) is 46.2 Å². The highest BCUT2D eigenvalue weighted by Crippen LogP contribution is 2.13. The molecule has 1 rings (SSSR count). The van der Waals surface area contributed by atoms with E-state index in [1.165, 1.54) is 4.68 Å². The van der Waals surface area contributed by atoms with Crippen LogP contribution in [-0.4, -0.2) is 22.2 Å². The highest BCUT2D eigenvalue weighted by Gasteiger charge is 2.12. The van der Waals surface area contributed by atoms with Crippen LogP contribution in [0.2, 0.25) is 0 Å². The molecule has 1 N–H and O–H groups in total. The number of nitrogens with one attached hydrogen (secondary N) is 1. The zero-order chi connectivity index (χ0) is 12.1. The van der Waals surface area contributed by atoms with Crippen LogP contribution in [-0.2, 0) is 6.54 Å². The van der Waals surface area contributed by atoms with Gasteiger partial charge in [0.15, 0.2) is 0 Å². The second-order valence-corrected chi connectivity index (χ2v) is 4.22. The molecule has 0 aromatic carbocycles. The van der Waals surface area contributed by atoms with Crippen molar-refractivity contribution < 1.29 is 8.78 Å². The molecule has 3 nitrogen and oxygen atoms in total. The molecular formula is C11H19F2N3. The Morgan fingerprint density at radius 3 is 2.62 bits per heavy atom. The molecule has 0 spiro atoms. The molecule has 0 fully saturated rings. The van der Waals surface area contributed by atoms with Gasteiger partial charge in [0.2, 0.25) is 0 Å². The van der Waals surface area contributed by atoms with Crippen molar-refractivity contribution in [2.24, 2.45) is 5.92 Å². The Morgan fingerprint density at radius 1 is 1.44 bits per heavy atom. The van der Waals surface area contributed by atoms with Gasteiger partial charge in [-0.3, -0.25) is 4.68 Å². The number of hydrogen-bond acceptors (Lipinski definition) is 2. The predicted molar refractivity (Wildman–Crippen MR) is 60.8 cm³/mol. The van der Waals surface area contributed by atoms with Crippen LogP contribution in [0.5, 0.6) is 0 Å². The summed E-state index contributed by atoms with van der Waals surface area (Å²) in [5.41, 5.74) is 0. The molecule has 0 radical (unpaired) electrons. The van der Waals surface area contributed by atoms with Crippen LogP contribution in [0.15, 0.2) is 12.3 Å². The summed E-state index contributed by atoms with van der Waals surface area (Å²) in [6.07, 6.45) is 0.195. The van der Waals surface area contributed by atoms with E-state index in [0.717, 1.165) is 6.42 Å². The number of hydrogen-bond donors (Lipinski definition) is 1. The zero-order valence-electron chi connectivity index (χ0n) is 9.95. The Morgan fingerprint density at radius 2 is 2.12 bits per heavy atom. The molecule has 5 heteroatoms. The smallest absolute Gasteiger partial charge is 0.257 e. The average Bonchev–Trinajstić information content (AvgIpc) is 2.60. The molecule has 1 aromatic heterocycles. The lowest BCUT2D eigenvalue weighted by atomic mass is 10.0. The van der Waals surface area contributed by atoms with Gasteiger partial charge in [-0.1, -0.05) is 20.8 Å². The molecular weight excluding hydrogens is 212 g/mol. The molecule has 1 heterocycles. The quantitative estimate of drug-likeness (QED) is 0.815. The predicted octanol–water partition coefficient (Wildman–Crippen LogP) is 2.99. The van der Waals surface area contributed by atoms with E-state index < -0.39 is 6.43 Å². The van der Waals surface area contributed by atoms with Crippen molar-refractivity contribution >= 4 is 5.82 Å². The maximum atomic E-state index is 12.1. The molecule has 1 aromatic rings. The summed E-state index contributed by atoms with van der Waals surface area (Å²) >= 11 is 0. The number of nitrogens with zero attached hydrogens (tertiary/aromatic N) is 2. The Kier molecular flexibility index (Phi) is 4.71. The van der Waals surface area contributed by atoms with Gasteiger partial charge in [0.05, 0.1) is 0 Å². The lowest BCUT2D eigenvalue weighted by molar-refractivity contribution is 0.122. The number of anilines is 1. The van der Waals surface area contributed by atoms with E-state index in [4.69, 9.17) is 0 Å². The largest absolute Gasteiger partial charge is 0.366 e. The highest BCUT2D eigenvalue weighted by atomic mass is 19.3. The molecule has 16 heavy (non-hydrogen) atoms. The van der Waals surface area contributed by atoms with Crippen LogP contribution in [0.1, 0.15) is 27.2 Å². The van der Waals surface area contributed by atoms with E-state index in [1.54, 1.807) is 12.3 Å². The fourth-order valence-electron chi connectivity index (χ4n) is 1.61. The zero-order valence-corrected chi connectivity index (χ0v) is 9.95. The number of alkyl halides is 2. The Labute approximate surface area is 94.8 Å². The molecule has 1 atom stereocenters. The molecule has 0 aliphatic rings. The van der Waals surface area contributed by atoms with Gasteiger partial charge < -0.3 is 5.32 Å². The van der Waals surface area contributed by atoms with Gasteiger partial charge >= 0.3 is 0 Å². The second kappa shape index (κ2) is 5.82. The topological polar surface area (TPSA) is 29.9 Å². The third-order valence-electron chi connectivity index (χ3n) is 2.54. The maximum Gasteiger partial charge on any atom is 0.257 e. The first-order valence-corrected chi connectivity index (χ1v) is 5.61. The van der Waals surface area contributed by atoms with E-state index in [1.807, 2.05) is 0 Å². The molecule has 0 aliphatic carbocycles. The lowest BCUT2D eigenvalue weighted by Crippen LogP contribution is -2.25. The van der Waals surface area contributed by atoms with E-state index in [9.17, 15) is 8.78 Å². The fourth-order valence-corrected chi connectivity index (χ4v) is 1.61. The van der Waals surface area contributed by atoms with Crippen molar-refractivity contribution in [3.63, 3.8) is 0 Å². The normalized spacial score (nSPS) is 13.4. The summed E-state index contributed by atoms with van der Waals surface area (Å²) in [6, 6.07) is 2.06. The molecule has 0 saturated heterocycles. The average molecular weight is 231 g/mol. The summed E-state index contributed by atoms with van der Waals surface area (Å²) in [4.78, 5) is 0. The van der Waals surface area contributed by atoms with Crippen molar-refractivity contribution in [1.82, 2.24) is 9.78 Å². The minimum absolute atomic E-state index is 0.329. The van der Waals surface area contributed by atoms with Gasteiger partial charge in [0.1, 0.15) is 12.4 Å². The monoisotopic (exact) mass is 231 g/mol. The van der Waals surface area contributed by atoms with Gasteiger partial charge in [-0.25, -0.2) is 8.78 Å². The van der Waals surface area contributed by atoms with Crippen molar-refractivity contribution in [3.8, 4) is 0 Å². The molecule has 0 bridgehead atoms. The van der Waals surface area contributed by atoms with Crippen LogP contribution in [0.4, 0.5) is 14.6 Å². The minimum Gasteiger partial charge on any atom is -0.366 e. The highest BCUT2D eigenvalue weighted by molar-refractivity contribution is 5.33. The fraction of sp³-hybridized carbons (Fsp3) is 0.727. The first-order chi connectivity index (χ1) is 7.52. The summed E-state index contributed by atoms with van der Waals surface area (Å²) in [7, 11) is 0. The van der Waals surface area contributed by atoms with Gasteiger partial charge in [-0.05, 0) is 12.3 Å². The standard InChI is InChI=1S/C11H19F2N3/c1-4-9(8(2)3)14-11-5-6-16(15-11)7-10(12)13/h5-6,8-10H,4,7H2,1-3H3,(H,14,15). The Bertz CT molecular complexity index is 310. The molecule has 92 valence electrons. The maximum absolute atomic E-state index is 12.1. The van der Waals surface area contributed by atoms with Crippen LogP contribution < -0.4 is 5.32 Å². The van der Waals surface area contributed by atoms with Crippen molar-refractivity contribution in [1.29, 1.82) is 0 Å². The van der Waals surface area contributed by atoms with Gasteiger partial charge in [-0.2, -0.15) is 5.10 Å². The molecule has 1 unspecified atom stereocenters. The van der Waals surface area contributed by atoms with Crippen LogP contribution in [0, 0.1) is 5.92 Å². The summed E-state index contributed by atoms with van der Waals surface area (Å²) in [5.74, 6) is 1.16. The van der Waals surface area contributed by atoms with E-state index in [-0.39, 0.29) is 6.54 Å². The van der Waals surface area contributed by atoms with Gasteiger partial charge in [0, 0.05) is 18.3 Å². The second-order valence-electron chi connectivity index (χ2n) is 4.22. The molecule has 0 amide bonds. The summed E-state index contributed by atoms with van der Waals surface area (Å²) < 4.78 is 25.5. The number of rotatable bonds is 6. The van der Waals surface area contributed by atoms with Crippen LogP contribution in [0.25, 0.3) is 0 Å². The van der Waals surface area contributed by atoms with Crippen molar-refractivity contribution in [2.75, 3.05) is 5.32 Å². The van der Waals surface area contributed by atoms with E-state index in [0.29, 0.717) is 17.8 Å². The summed E-state index contributed by atoms with van der Waals surface area (Å²) in [6.45, 7) is 5.99. The van der Waals surface area contributed by atoms with E-state index >= 15 is 0 Å². The number of halogens is 2. The Balaban J connectivity index is 2.57. The number of aromatic nitrogens is 2. The van der Waals surface area contributed by atoms with Gasteiger partial charge in [0.25, 0.3) is 6.43 Å². The third kappa shape index (κ3) is 3.79.